The predicted molar refractivity (Wildman–Crippen MR) is 105 cm³/mol. The maximum absolute atomic E-state index is 12.5. The minimum absolute atomic E-state index is 0.0489. The van der Waals surface area contributed by atoms with Crippen LogP contribution < -0.4 is 0 Å². The van der Waals surface area contributed by atoms with Crippen molar-refractivity contribution in [2.75, 3.05) is 13.1 Å². The van der Waals surface area contributed by atoms with Crippen LogP contribution in [0, 0.1) is 0 Å². The van der Waals surface area contributed by atoms with E-state index in [0.29, 0.717) is 39.6 Å². The molecule has 130 valence electrons. The number of thioether (sulfide) groups is 1. The van der Waals surface area contributed by atoms with Gasteiger partial charge in [0.2, 0.25) is 0 Å². The lowest BCUT2D eigenvalue weighted by atomic mass is 10.2. The van der Waals surface area contributed by atoms with Gasteiger partial charge < -0.3 is 4.42 Å². The predicted octanol–water partition coefficient (Wildman–Crippen LogP) is 5.57. The number of carbonyl (C=O) groups is 1. The molecule has 1 aliphatic heterocycles. The third-order valence-electron chi connectivity index (χ3n) is 3.60. The average Bonchev–Trinajstić information content (AvgIpc) is 3.16. The van der Waals surface area contributed by atoms with Gasteiger partial charge in [0.15, 0.2) is 5.17 Å². The molecule has 0 saturated carbocycles. The van der Waals surface area contributed by atoms with Crippen molar-refractivity contribution in [1.29, 1.82) is 0 Å². The zero-order valence-electron chi connectivity index (χ0n) is 13.8. The molecule has 3 rings (SSSR count). The molecule has 1 fully saturated rings. The fourth-order valence-electron chi connectivity index (χ4n) is 2.40. The number of furan rings is 1. The van der Waals surface area contributed by atoms with Crippen LogP contribution in [0.15, 0.2) is 44.6 Å². The second kappa shape index (κ2) is 7.68. The summed E-state index contributed by atoms with van der Waals surface area (Å²) in [7, 11) is 0. The van der Waals surface area contributed by atoms with Gasteiger partial charge in [-0.05, 0) is 55.9 Å². The third-order valence-corrected chi connectivity index (χ3v) is 5.39. The molecule has 0 N–H and O–H groups in total. The summed E-state index contributed by atoms with van der Waals surface area (Å²) in [6.45, 7) is 5.11. The van der Waals surface area contributed by atoms with Gasteiger partial charge in [-0.2, -0.15) is 0 Å². The highest BCUT2D eigenvalue weighted by Gasteiger charge is 2.32. The van der Waals surface area contributed by atoms with Crippen LogP contribution in [0.1, 0.15) is 19.6 Å². The van der Waals surface area contributed by atoms with Crippen molar-refractivity contribution in [3.8, 4) is 11.3 Å². The highest BCUT2D eigenvalue weighted by molar-refractivity contribution is 8.18. The number of rotatable bonds is 4. The van der Waals surface area contributed by atoms with Gasteiger partial charge in [-0.1, -0.05) is 23.2 Å². The van der Waals surface area contributed by atoms with Crippen molar-refractivity contribution in [3.63, 3.8) is 0 Å². The number of halogens is 2. The summed E-state index contributed by atoms with van der Waals surface area (Å²) in [6, 6.07) is 8.98. The van der Waals surface area contributed by atoms with E-state index in [0.717, 1.165) is 10.7 Å². The quantitative estimate of drug-likeness (QED) is 0.637. The first-order chi connectivity index (χ1) is 12.0. The maximum atomic E-state index is 12.5. The van der Waals surface area contributed by atoms with Crippen LogP contribution >= 0.6 is 35.0 Å². The fraction of sp³-hybridized carbons (Fsp3) is 0.222. The Morgan fingerprint density at radius 1 is 1.20 bits per heavy atom. The van der Waals surface area contributed by atoms with Crippen LogP contribution in [-0.2, 0) is 4.79 Å². The molecule has 2 aromatic rings. The molecule has 7 heteroatoms. The standard InChI is InChI=1S/C18H16Cl2N2O2S/c1-3-21-18-22(4-2)17(23)16(25-18)10-12-6-8-15(24-12)11-5-7-13(19)14(20)9-11/h5-10H,3-4H2,1-2H3/b16-10-,21-18?. The van der Waals surface area contributed by atoms with Crippen LogP contribution in [0.2, 0.25) is 10.0 Å². The number of benzene rings is 1. The van der Waals surface area contributed by atoms with E-state index >= 15 is 0 Å². The molecule has 1 saturated heterocycles. The maximum Gasteiger partial charge on any atom is 0.266 e. The molecule has 0 spiro atoms. The van der Waals surface area contributed by atoms with E-state index in [4.69, 9.17) is 27.6 Å². The van der Waals surface area contributed by atoms with Crippen LogP contribution in [0.5, 0.6) is 0 Å². The molecule has 1 aromatic carbocycles. The average molecular weight is 395 g/mol. The van der Waals surface area contributed by atoms with Crippen molar-refractivity contribution >= 4 is 52.1 Å². The normalized spacial score (nSPS) is 17.9. The van der Waals surface area contributed by atoms with Gasteiger partial charge in [-0.15, -0.1) is 0 Å². The third kappa shape index (κ3) is 3.78. The summed E-state index contributed by atoms with van der Waals surface area (Å²) in [6.07, 6.45) is 1.74. The highest BCUT2D eigenvalue weighted by atomic mass is 35.5. The van der Waals surface area contributed by atoms with Crippen LogP contribution in [0.25, 0.3) is 17.4 Å². The zero-order valence-corrected chi connectivity index (χ0v) is 16.1. The van der Waals surface area contributed by atoms with Crippen molar-refractivity contribution < 1.29 is 9.21 Å². The number of amidine groups is 1. The number of hydrogen-bond acceptors (Lipinski definition) is 4. The smallest absolute Gasteiger partial charge is 0.266 e. The summed E-state index contributed by atoms with van der Waals surface area (Å²) in [5, 5.41) is 1.70. The van der Waals surface area contributed by atoms with Crippen molar-refractivity contribution in [2.45, 2.75) is 13.8 Å². The highest BCUT2D eigenvalue weighted by Crippen LogP contribution is 2.34. The van der Waals surface area contributed by atoms with Crippen LogP contribution in [0.3, 0.4) is 0 Å². The van der Waals surface area contributed by atoms with Gasteiger partial charge in [0, 0.05) is 24.7 Å². The topological polar surface area (TPSA) is 45.8 Å². The van der Waals surface area contributed by atoms with Crippen LogP contribution in [-0.4, -0.2) is 29.1 Å². The molecule has 0 bridgehead atoms. The Morgan fingerprint density at radius 3 is 2.68 bits per heavy atom. The number of aliphatic imine (C=N–C) groups is 1. The number of likely N-dealkylation sites (N-methyl/N-ethyl adjacent to an activating group) is 1. The minimum Gasteiger partial charge on any atom is -0.457 e. The van der Waals surface area contributed by atoms with E-state index in [1.807, 2.05) is 32.0 Å². The molecule has 0 atom stereocenters. The summed E-state index contributed by atoms with van der Waals surface area (Å²) in [5.41, 5.74) is 0.827. The zero-order chi connectivity index (χ0) is 18.0. The Hall–Kier alpha value is -1.69. The molecule has 2 heterocycles. The summed E-state index contributed by atoms with van der Waals surface area (Å²) < 4.78 is 5.84. The Labute approximate surface area is 160 Å². The van der Waals surface area contributed by atoms with Crippen molar-refractivity contribution in [2.24, 2.45) is 4.99 Å². The first-order valence-corrected chi connectivity index (χ1v) is 9.41. The summed E-state index contributed by atoms with van der Waals surface area (Å²) in [5.74, 6) is 1.22. The fourth-order valence-corrected chi connectivity index (χ4v) is 3.79. The van der Waals surface area contributed by atoms with E-state index in [2.05, 4.69) is 4.99 Å². The van der Waals surface area contributed by atoms with E-state index in [9.17, 15) is 4.79 Å². The Bertz CT molecular complexity index is 874. The molecule has 0 unspecified atom stereocenters. The molecule has 1 aliphatic rings. The number of nitrogens with zero attached hydrogens (tertiary/aromatic N) is 2. The van der Waals surface area contributed by atoms with Crippen molar-refractivity contribution in [1.82, 2.24) is 4.90 Å². The Morgan fingerprint density at radius 2 is 2.00 bits per heavy atom. The van der Waals surface area contributed by atoms with E-state index in [1.165, 1.54) is 11.8 Å². The molecule has 4 nitrogen and oxygen atoms in total. The van der Waals surface area contributed by atoms with Gasteiger partial charge >= 0.3 is 0 Å². The Balaban J connectivity index is 1.88. The molecular formula is C18H16Cl2N2O2S. The number of carbonyl (C=O) groups excluding carboxylic acids is 1. The monoisotopic (exact) mass is 394 g/mol. The lowest BCUT2D eigenvalue weighted by molar-refractivity contribution is -0.122. The molecular weight excluding hydrogens is 379 g/mol. The summed E-state index contributed by atoms with van der Waals surface area (Å²) in [4.78, 5) is 19.1. The second-order valence-electron chi connectivity index (χ2n) is 5.25. The largest absolute Gasteiger partial charge is 0.457 e. The molecule has 0 radical (unpaired) electrons. The van der Waals surface area contributed by atoms with E-state index in [-0.39, 0.29) is 5.91 Å². The Kier molecular flexibility index (Phi) is 5.57. The van der Waals surface area contributed by atoms with Gasteiger partial charge in [0.05, 0.1) is 15.0 Å². The first kappa shape index (κ1) is 18.1. The molecule has 1 aromatic heterocycles. The van der Waals surface area contributed by atoms with Crippen molar-refractivity contribution in [3.05, 3.63) is 51.0 Å². The van der Waals surface area contributed by atoms with Crippen LogP contribution in [0.4, 0.5) is 0 Å². The number of hydrogen-bond donors (Lipinski definition) is 0. The van der Waals surface area contributed by atoms with Gasteiger partial charge in [-0.3, -0.25) is 14.7 Å². The molecule has 0 aliphatic carbocycles. The van der Waals surface area contributed by atoms with Gasteiger partial charge in [0.1, 0.15) is 11.5 Å². The number of amides is 1. The van der Waals surface area contributed by atoms with E-state index < -0.39 is 0 Å². The lowest BCUT2D eigenvalue weighted by Crippen LogP contribution is -2.28. The molecule has 25 heavy (non-hydrogen) atoms. The summed E-state index contributed by atoms with van der Waals surface area (Å²) >= 11 is 13.4. The first-order valence-electron chi connectivity index (χ1n) is 7.84. The minimum atomic E-state index is -0.0489. The van der Waals surface area contributed by atoms with E-state index in [1.54, 1.807) is 23.1 Å². The second-order valence-corrected chi connectivity index (χ2v) is 7.07. The SMILES string of the molecule is CCN=C1S/C(=C\c2ccc(-c3ccc(Cl)c(Cl)c3)o2)C(=O)N1CC. The van der Waals surface area contributed by atoms with Gasteiger partial charge in [-0.25, -0.2) is 0 Å². The molecule has 1 amide bonds. The van der Waals surface area contributed by atoms with Gasteiger partial charge in [0.25, 0.3) is 5.91 Å². The lowest BCUT2D eigenvalue weighted by Gasteiger charge is -2.11.